The van der Waals surface area contributed by atoms with Gasteiger partial charge in [-0.3, -0.25) is 4.79 Å². The molecule has 0 saturated carbocycles. The summed E-state index contributed by atoms with van der Waals surface area (Å²) >= 11 is 1.78. The molecular formula is C14H22N2OS. The Bertz CT molecular complexity index is 358. The van der Waals surface area contributed by atoms with Crippen molar-refractivity contribution in [3.05, 3.63) is 22.4 Å². The summed E-state index contributed by atoms with van der Waals surface area (Å²) < 4.78 is 0. The van der Waals surface area contributed by atoms with E-state index in [-0.39, 0.29) is 0 Å². The zero-order valence-electron chi connectivity index (χ0n) is 11.0. The molecule has 1 aromatic rings. The summed E-state index contributed by atoms with van der Waals surface area (Å²) in [6.07, 6.45) is 3.78. The van der Waals surface area contributed by atoms with Gasteiger partial charge in [0.25, 0.3) is 0 Å². The second-order valence-electron chi connectivity index (χ2n) is 4.76. The maximum atomic E-state index is 12.2. The second kappa shape index (κ2) is 6.90. The highest BCUT2D eigenvalue weighted by molar-refractivity contribution is 7.09. The van der Waals surface area contributed by atoms with Gasteiger partial charge in [0, 0.05) is 30.4 Å². The lowest BCUT2D eigenvalue weighted by Crippen LogP contribution is -2.41. The van der Waals surface area contributed by atoms with Crippen molar-refractivity contribution in [2.45, 2.75) is 38.6 Å². The molecule has 1 unspecified atom stereocenters. The van der Waals surface area contributed by atoms with Crippen LogP contribution in [-0.2, 0) is 11.2 Å². The Kier molecular flexibility index (Phi) is 5.20. The summed E-state index contributed by atoms with van der Waals surface area (Å²) in [4.78, 5) is 15.6. The van der Waals surface area contributed by atoms with Crippen molar-refractivity contribution in [2.75, 3.05) is 19.6 Å². The SMILES string of the molecule is CCN(C(=O)CCCc1cccs1)C1CCNC1. The van der Waals surface area contributed by atoms with Crippen LogP contribution in [0.5, 0.6) is 0 Å². The van der Waals surface area contributed by atoms with Gasteiger partial charge in [-0.05, 0) is 44.2 Å². The van der Waals surface area contributed by atoms with E-state index in [4.69, 9.17) is 0 Å². The molecule has 1 atom stereocenters. The van der Waals surface area contributed by atoms with Crippen molar-refractivity contribution < 1.29 is 4.79 Å². The maximum Gasteiger partial charge on any atom is 0.222 e. The van der Waals surface area contributed by atoms with E-state index in [0.29, 0.717) is 18.4 Å². The highest BCUT2D eigenvalue weighted by atomic mass is 32.1. The van der Waals surface area contributed by atoms with Gasteiger partial charge in [0.1, 0.15) is 0 Å². The minimum Gasteiger partial charge on any atom is -0.339 e. The monoisotopic (exact) mass is 266 g/mol. The van der Waals surface area contributed by atoms with Crippen LogP contribution in [0, 0.1) is 0 Å². The number of rotatable bonds is 6. The Morgan fingerprint density at radius 2 is 2.50 bits per heavy atom. The van der Waals surface area contributed by atoms with Crippen LogP contribution in [0.25, 0.3) is 0 Å². The first-order chi connectivity index (χ1) is 8.81. The van der Waals surface area contributed by atoms with Crippen molar-refractivity contribution >= 4 is 17.2 Å². The molecule has 1 saturated heterocycles. The number of hydrogen-bond donors (Lipinski definition) is 1. The number of carbonyl (C=O) groups is 1. The molecule has 18 heavy (non-hydrogen) atoms. The van der Waals surface area contributed by atoms with Crippen LogP contribution in [0.4, 0.5) is 0 Å². The third-order valence-corrected chi connectivity index (χ3v) is 4.47. The molecule has 2 rings (SSSR count). The molecular weight excluding hydrogens is 244 g/mol. The lowest BCUT2D eigenvalue weighted by Gasteiger charge is -2.27. The Labute approximate surface area is 113 Å². The van der Waals surface area contributed by atoms with Gasteiger partial charge in [-0.25, -0.2) is 0 Å². The minimum absolute atomic E-state index is 0.322. The van der Waals surface area contributed by atoms with Crippen LogP contribution < -0.4 is 5.32 Å². The molecule has 0 spiro atoms. The van der Waals surface area contributed by atoms with Crippen molar-refractivity contribution in [1.29, 1.82) is 0 Å². The van der Waals surface area contributed by atoms with Crippen molar-refractivity contribution in [3.63, 3.8) is 0 Å². The van der Waals surface area contributed by atoms with Crippen LogP contribution in [0.2, 0.25) is 0 Å². The Morgan fingerprint density at radius 1 is 1.61 bits per heavy atom. The molecule has 1 aliphatic rings. The average Bonchev–Trinajstić information content (AvgIpc) is 3.02. The molecule has 1 N–H and O–H groups in total. The fourth-order valence-electron chi connectivity index (χ4n) is 2.56. The summed E-state index contributed by atoms with van der Waals surface area (Å²) in [5, 5.41) is 5.43. The summed E-state index contributed by atoms with van der Waals surface area (Å²) in [5.41, 5.74) is 0. The molecule has 1 fully saturated rings. The number of amides is 1. The zero-order valence-corrected chi connectivity index (χ0v) is 11.8. The van der Waals surface area contributed by atoms with Gasteiger partial charge in [0.2, 0.25) is 5.91 Å². The van der Waals surface area contributed by atoms with Crippen molar-refractivity contribution in [2.24, 2.45) is 0 Å². The molecule has 1 aromatic heterocycles. The lowest BCUT2D eigenvalue weighted by molar-refractivity contribution is -0.133. The fourth-order valence-corrected chi connectivity index (χ4v) is 3.31. The summed E-state index contributed by atoms with van der Waals surface area (Å²) in [6, 6.07) is 4.64. The Hall–Kier alpha value is -0.870. The van der Waals surface area contributed by atoms with Crippen LogP contribution >= 0.6 is 11.3 Å². The van der Waals surface area contributed by atoms with Gasteiger partial charge in [-0.15, -0.1) is 11.3 Å². The van der Waals surface area contributed by atoms with Gasteiger partial charge in [-0.1, -0.05) is 6.07 Å². The van der Waals surface area contributed by atoms with E-state index in [2.05, 4.69) is 34.7 Å². The Morgan fingerprint density at radius 3 is 3.11 bits per heavy atom. The fraction of sp³-hybridized carbons (Fsp3) is 0.643. The first-order valence-corrected chi connectivity index (χ1v) is 7.71. The first-order valence-electron chi connectivity index (χ1n) is 6.84. The molecule has 0 aliphatic carbocycles. The molecule has 0 bridgehead atoms. The average molecular weight is 266 g/mol. The standard InChI is InChI=1S/C14H22N2OS/c1-2-16(12-8-9-15-11-12)14(17)7-3-5-13-6-4-10-18-13/h4,6,10,12,15H,2-3,5,7-9,11H2,1H3. The molecule has 1 amide bonds. The smallest absolute Gasteiger partial charge is 0.222 e. The number of nitrogens with zero attached hydrogens (tertiary/aromatic N) is 1. The van der Waals surface area contributed by atoms with Gasteiger partial charge in [0.05, 0.1) is 0 Å². The van der Waals surface area contributed by atoms with E-state index in [9.17, 15) is 4.79 Å². The number of aryl methyl sites for hydroxylation is 1. The van der Waals surface area contributed by atoms with E-state index >= 15 is 0 Å². The normalized spacial score (nSPS) is 19.1. The summed E-state index contributed by atoms with van der Waals surface area (Å²) in [6.45, 7) is 4.92. The van der Waals surface area contributed by atoms with E-state index < -0.39 is 0 Å². The van der Waals surface area contributed by atoms with E-state index in [1.54, 1.807) is 11.3 Å². The third kappa shape index (κ3) is 3.56. The zero-order chi connectivity index (χ0) is 12.8. The predicted octanol–water partition coefficient (Wildman–Crippen LogP) is 2.28. The molecule has 0 aromatic carbocycles. The number of hydrogen-bond acceptors (Lipinski definition) is 3. The maximum absolute atomic E-state index is 12.2. The van der Waals surface area contributed by atoms with E-state index in [0.717, 1.165) is 38.9 Å². The van der Waals surface area contributed by atoms with Crippen LogP contribution in [0.1, 0.15) is 31.1 Å². The quantitative estimate of drug-likeness (QED) is 0.857. The van der Waals surface area contributed by atoms with Crippen molar-refractivity contribution in [3.8, 4) is 0 Å². The van der Waals surface area contributed by atoms with E-state index in [1.165, 1.54) is 4.88 Å². The number of carbonyl (C=O) groups excluding carboxylic acids is 1. The van der Waals surface area contributed by atoms with Crippen LogP contribution in [-0.4, -0.2) is 36.5 Å². The Balaban J connectivity index is 1.75. The lowest BCUT2D eigenvalue weighted by atomic mass is 10.1. The van der Waals surface area contributed by atoms with Crippen LogP contribution in [0.15, 0.2) is 17.5 Å². The van der Waals surface area contributed by atoms with Gasteiger partial charge in [0.15, 0.2) is 0 Å². The molecule has 0 radical (unpaired) electrons. The molecule has 4 heteroatoms. The number of nitrogens with one attached hydrogen (secondary N) is 1. The first kappa shape index (κ1) is 13.6. The van der Waals surface area contributed by atoms with Crippen molar-refractivity contribution in [1.82, 2.24) is 10.2 Å². The highest BCUT2D eigenvalue weighted by Gasteiger charge is 2.24. The van der Waals surface area contributed by atoms with E-state index in [1.807, 2.05) is 0 Å². The number of thiophene rings is 1. The minimum atomic E-state index is 0.322. The number of likely N-dealkylation sites (N-methyl/N-ethyl adjacent to an activating group) is 1. The predicted molar refractivity (Wildman–Crippen MR) is 75.9 cm³/mol. The summed E-state index contributed by atoms with van der Waals surface area (Å²) in [5.74, 6) is 0.322. The molecule has 2 heterocycles. The molecule has 3 nitrogen and oxygen atoms in total. The second-order valence-corrected chi connectivity index (χ2v) is 5.79. The third-order valence-electron chi connectivity index (χ3n) is 3.53. The molecule has 1 aliphatic heterocycles. The summed E-state index contributed by atoms with van der Waals surface area (Å²) in [7, 11) is 0. The van der Waals surface area contributed by atoms with Gasteiger partial charge >= 0.3 is 0 Å². The topological polar surface area (TPSA) is 32.3 Å². The van der Waals surface area contributed by atoms with Gasteiger partial charge in [-0.2, -0.15) is 0 Å². The molecule has 100 valence electrons. The highest BCUT2D eigenvalue weighted by Crippen LogP contribution is 2.14. The largest absolute Gasteiger partial charge is 0.339 e. The van der Waals surface area contributed by atoms with Crippen LogP contribution in [0.3, 0.4) is 0 Å². The van der Waals surface area contributed by atoms with Gasteiger partial charge < -0.3 is 10.2 Å².